The number of nitriles is 1. The lowest BCUT2D eigenvalue weighted by Gasteiger charge is -2.06. The van der Waals surface area contributed by atoms with E-state index in [1.54, 1.807) is 24.3 Å². The van der Waals surface area contributed by atoms with Gasteiger partial charge in [0.05, 0.1) is 17.8 Å². The number of benzene rings is 1. The molecule has 6 heteroatoms. The van der Waals surface area contributed by atoms with Gasteiger partial charge >= 0.3 is 5.97 Å². The maximum absolute atomic E-state index is 10.7. The Balaban J connectivity index is 2.12. The molecule has 0 atom stereocenters. The fourth-order valence-electron chi connectivity index (χ4n) is 1.53. The predicted molar refractivity (Wildman–Crippen MR) is 69.2 cm³/mol. The summed E-state index contributed by atoms with van der Waals surface area (Å²) < 4.78 is 5.09. The van der Waals surface area contributed by atoms with Crippen molar-refractivity contribution in [3.05, 3.63) is 52.4 Å². The van der Waals surface area contributed by atoms with E-state index < -0.39 is 5.97 Å². The third kappa shape index (κ3) is 3.06. The number of anilines is 1. The molecule has 0 aliphatic carbocycles. The van der Waals surface area contributed by atoms with Gasteiger partial charge in [0.1, 0.15) is 11.8 Å². The van der Waals surface area contributed by atoms with Gasteiger partial charge in [-0.1, -0.05) is 11.6 Å². The van der Waals surface area contributed by atoms with E-state index in [0.29, 0.717) is 22.0 Å². The molecular weight excluding hydrogens is 268 g/mol. The van der Waals surface area contributed by atoms with Gasteiger partial charge in [-0.05, 0) is 30.3 Å². The maximum Gasteiger partial charge on any atom is 0.371 e. The number of carboxylic acids is 1. The first-order chi connectivity index (χ1) is 9.10. The van der Waals surface area contributed by atoms with Gasteiger partial charge < -0.3 is 14.8 Å². The molecule has 2 N–H and O–H groups in total. The normalized spacial score (nSPS) is 9.89. The zero-order valence-corrected chi connectivity index (χ0v) is 10.4. The van der Waals surface area contributed by atoms with Crippen LogP contribution in [0.4, 0.5) is 5.69 Å². The molecule has 0 amide bonds. The summed E-state index contributed by atoms with van der Waals surface area (Å²) in [6.07, 6.45) is 0. The molecule has 1 aromatic heterocycles. The molecule has 0 spiro atoms. The molecule has 0 radical (unpaired) electrons. The Morgan fingerprint density at radius 3 is 2.84 bits per heavy atom. The monoisotopic (exact) mass is 276 g/mol. The van der Waals surface area contributed by atoms with Crippen LogP contribution in [0.15, 0.2) is 34.7 Å². The average Bonchev–Trinajstić information content (AvgIpc) is 2.85. The van der Waals surface area contributed by atoms with Crippen molar-refractivity contribution in [2.45, 2.75) is 6.54 Å². The molecule has 0 unspecified atom stereocenters. The van der Waals surface area contributed by atoms with E-state index in [0.717, 1.165) is 0 Å². The molecule has 0 fully saturated rings. The highest BCUT2D eigenvalue weighted by atomic mass is 35.5. The second kappa shape index (κ2) is 5.46. The number of carboxylic acid groups (broad SMARTS) is 1. The summed E-state index contributed by atoms with van der Waals surface area (Å²) in [6, 6.07) is 9.84. The van der Waals surface area contributed by atoms with Crippen molar-refractivity contribution in [2.24, 2.45) is 0 Å². The Labute approximate surface area is 114 Å². The summed E-state index contributed by atoms with van der Waals surface area (Å²) in [5, 5.41) is 21.2. The molecule has 5 nitrogen and oxygen atoms in total. The maximum atomic E-state index is 10.7. The van der Waals surface area contributed by atoms with E-state index in [1.165, 1.54) is 6.07 Å². The standard InChI is InChI=1S/C13H9ClN2O3/c14-9-2-1-8(6-15)11(5-9)16-7-10-3-4-12(19-10)13(17)18/h1-5,16H,7H2,(H,17,18). The van der Waals surface area contributed by atoms with Crippen molar-refractivity contribution >= 4 is 23.3 Å². The van der Waals surface area contributed by atoms with E-state index in [9.17, 15) is 4.79 Å². The first-order valence-electron chi connectivity index (χ1n) is 5.35. The summed E-state index contributed by atoms with van der Waals surface area (Å²) >= 11 is 5.85. The van der Waals surface area contributed by atoms with Gasteiger partial charge in [0.2, 0.25) is 5.76 Å². The van der Waals surface area contributed by atoms with Crippen molar-refractivity contribution in [3.63, 3.8) is 0 Å². The molecule has 0 aliphatic heterocycles. The number of rotatable bonds is 4. The number of nitrogens with zero attached hydrogens (tertiary/aromatic N) is 1. The molecule has 2 aromatic rings. The van der Waals surface area contributed by atoms with Crippen LogP contribution in [0.25, 0.3) is 0 Å². The van der Waals surface area contributed by atoms with Gasteiger partial charge in [0.15, 0.2) is 0 Å². The van der Waals surface area contributed by atoms with Crippen molar-refractivity contribution in [1.82, 2.24) is 0 Å². The number of hydrogen-bond acceptors (Lipinski definition) is 4. The molecule has 1 aromatic carbocycles. The second-order valence-corrected chi connectivity index (χ2v) is 4.16. The minimum Gasteiger partial charge on any atom is -0.475 e. The molecule has 19 heavy (non-hydrogen) atoms. The van der Waals surface area contributed by atoms with Crippen LogP contribution in [-0.4, -0.2) is 11.1 Å². The van der Waals surface area contributed by atoms with Gasteiger partial charge in [0, 0.05) is 5.02 Å². The number of hydrogen-bond donors (Lipinski definition) is 2. The van der Waals surface area contributed by atoms with E-state index in [2.05, 4.69) is 5.32 Å². The van der Waals surface area contributed by atoms with E-state index in [-0.39, 0.29) is 12.3 Å². The Morgan fingerprint density at radius 2 is 2.21 bits per heavy atom. The number of aromatic carboxylic acids is 1. The average molecular weight is 277 g/mol. The van der Waals surface area contributed by atoms with Gasteiger partial charge in [-0.3, -0.25) is 0 Å². The molecule has 0 bridgehead atoms. The Kier molecular flexibility index (Phi) is 3.74. The van der Waals surface area contributed by atoms with Crippen LogP contribution in [0.2, 0.25) is 5.02 Å². The zero-order valence-electron chi connectivity index (χ0n) is 9.68. The van der Waals surface area contributed by atoms with E-state index >= 15 is 0 Å². The van der Waals surface area contributed by atoms with Crippen LogP contribution in [0.5, 0.6) is 0 Å². The number of nitrogens with one attached hydrogen (secondary N) is 1. The summed E-state index contributed by atoms with van der Waals surface area (Å²) in [4.78, 5) is 10.7. The summed E-state index contributed by atoms with van der Waals surface area (Å²) in [5.74, 6) is -0.781. The first kappa shape index (κ1) is 13.0. The third-order valence-corrected chi connectivity index (χ3v) is 2.66. The van der Waals surface area contributed by atoms with E-state index in [1.807, 2.05) is 6.07 Å². The molecule has 2 rings (SSSR count). The lowest BCUT2D eigenvalue weighted by Crippen LogP contribution is -2.00. The fraction of sp³-hybridized carbons (Fsp3) is 0.0769. The number of carbonyl (C=O) groups is 1. The lowest BCUT2D eigenvalue weighted by molar-refractivity contribution is 0.0660. The summed E-state index contributed by atoms with van der Waals surface area (Å²) in [6.45, 7) is 0.266. The Morgan fingerprint density at radius 1 is 1.42 bits per heavy atom. The quantitative estimate of drug-likeness (QED) is 0.896. The topological polar surface area (TPSA) is 86.3 Å². The van der Waals surface area contributed by atoms with Gasteiger partial charge in [-0.15, -0.1) is 0 Å². The van der Waals surface area contributed by atoms with Gasteiger partial charge in [-0.25, -0.2) is 4.79 Å². The summed E-state index contributed by atoms with van der Waals surface area (Å²) in [5.41, 5.74) is 1.03. The van der Waals surface area contributed by atoms with E-state index in [4.69, 9.17) is 26.4 Å². The fourth-order valence-corrected chi connectivity index (χ4v) is 1.70. The van der Waals surface area contributed by atoms with Gasteiger partial charge in [-0.2, -0.15) is 5.26 Å². The highest BCUT2D eigenvalue weighted by Gasteiger charge is 2.09. The van der Waals surface area contributed by atoms with Crippen LogP contribution >= 0.6 is 11.6 Å². The molecule has 96 valence electrons. The highest BCUT2D eigenvalue weighted by molar-refractivity contribution is 6.30. The van der Waals surface area contributed by atoms with Crippen molar-refractivity contribution in [2.75, 3.05) is 5.32 Å². The van der Waals surface area contributed by atoms with Crippen LogP contribution in [-0.2, 0) is 6.54 Å². The largest absolute Gasteiger partial charge is 0.475 e. The summed E-state index contributed by atoms with van der Waals surface area (Å²) in [7, 11) is 0. The van der Waals surface area contributed by atoms with Crippen LogP contribution < -0.4 is 5.32 Å². The number of furan rings is 1. The molecule has 0 aliphatic rings. The van der Waals surface area contributed by atoms with Gasteiger partial charge in [0.25, 0.3) is 0 Å². The molecular formula is C13H9ClN2O3. The van der Waals surface area contributed by atoms with Crippen LogP contribution in [0.3, 0.4) is 0 Å². The second-order valence-electron chi connectivity index (χ2n) is 3.73. The smallest absolute Gasteiger partial charge is 0.371 e. The number of halogens is 1. The van der Waals surface area contributed by atoms with Crippen molar-refractivity contribution < 1.29 is 14.3 Å². The minimum atomic E-state index is -1.12. The SMILES string of the molecule is N#Cc1ccc(Cl)cc1NCc1ccc(C(=O)O)o1. The first-order valence-corrected chi connectivity index (χ1v) is 5.73. The lowest BCUT2D eigenvalue weighted by atomic mass is 10.2. The van der Waals surface area contributed by atoms with Crippen molar-refractivity contribution in [1.29, 1.82) is 5.26 Å². The van der Waals surface area contributed by atoms with Crippen LogP contribution in [0, 0.1) is 11.3 Å². The Hall–Kier alpha value is -2.45. The molecule has 0 saturated heterocycles. The minimum absolute atomic E-state index is 0.122. The highest BCUT2D eigenvalue weighted by Crippen LogP contribution is 2.21. The Bertz CT molecular complexity index is 658. The molecule has 1 heterocycles. The predicted octanol–water partition coefficient (Wildman–Crippen LogP) is 3.11. The van der Waals surface area contributed by atoms with Crippen molar-refractivity contribution in [3.8, 4) is 6.07 Å². The zero-order chi connectivity index (χ0) is 13.8. The molecule has 0 saturated carbocycles. The third-order valence-electron chi connectivity index (χ3n) is 2.43. The van der Waals surface area contributed by atoms with Crippen LogP contribution in [0.1, 0.15) is 21.9 Å².